The van der Waals surface area contributed by atoms with E-state index in [9.17, 15) is 13.2 Å². The Balaban J connectivity index is 2.08. The van der Waals surface area contributed by atoms with Crippen LogP contribution in [-0.2, 0) is 14.6 Å². The maximum absolute atomic E-state index is 10.7. The van der Waals surface area contributed by atoms with Crippen molar-refractivity contribution in [2.75, 3.05) is 11.5 Å². The molecule has 0 spiro atoms. The molecule has 0 aromatic heterocycles. The first-order valence-electron chi connectivity index (χ1n) is 3.92. The van der Waals surface area contributed by atoms with E-state index in [0.717, 1.165) is 6.42 Å². The van der Waals surface area contributed by atoms with Crippen LogP contribution >= 0.6 is 0 Å². The average Bonchev–Trinajstić information content (AvgIpc) is 1.82. The van der Waals surface area contributed by atoms with E-state index in [4.69, 9.17) is 5.11 Å². The Bertz CT molecular complexity index is 255. The number of carbonyl (C=O) groups is 1. The lowest BCUT2D eigenvalue weighted by Crippen LogP contribution is -2.36. The second kappa shape index (κ2) is 3.43. The molecular formula is C7H12O4S. The maximum atomic E-state index is 10.7. The molecule has 1 heterocycles. The number of carboxylic acid groups (broad SMARTS) is 1. The highest BCUT2D eigenvalue weighted by molar-refractivity contribution is 7.92. The number of carboxylic acids is 1. The van der Waals surface area contributed by atoms with Gasteiger partial charge in [-0.25, -0.2) is 8.42 Å². The van der Waals surface area contributed by atoms with Gasteiger partial charge in [0, 0.05) is 6.42 Å². The Kier molecular flexibility index (Phi) is 2.72. The van der Waals surface area contributed by atoms with Crippen LogP contribution in [0.2, 0.25) is 0 Å². The van der Waals surface area contributed by atoms with Gasteiger partial charge in [-0.3, -0.25) is 4.79 Å². The normalized spacial score (nSPS) is 21.7. The van der Waals surface area contributed by atoms with Crippen molar-refractivity contribution in [1.29, 1.82) is 0 Å². The zero-order valence-electron chi connectivity index (χ0n) is 6.69. The Morgan fingerprint density at radius 1 is 1.42 bits per heavy atom. The SMILES string of the molecule is O=C(O)CCCC1CS(=O)(=O)C1. The summed E-state index contributed by atoms with van der Waals surface area (Å²) in [6.45, 7) is 0. The molecule has 1 N–H and O–H groups in total. The molecule has 5 heteroatoms. The van der Waals surface area contributed by atoms with Crippen LogP contribution in [-0.4, -0.2) is 31.0 Å². The third kappa shape index (κ3) is 2.81. The summed E-state index contributed by atoms with van der Waals surface area (Å²) in [5.41, 5.74) is 0. The van der Waals surface area contributed by atoms with Gasteiger partial charge >= 0.3 is 5.97 Å². The summed E-state index contributed by atoms with van der Waals surface area (Å²) < 4.78 is 21.4. The lowest BCUT2D eigenvalue weighted by Gasteiger charge is -2.25. The van der Waals surface area contributed by atoms with E-state index in [1.807, 2.05) is 0 Å². The third-order valence-corrected chi connectivity index (χ3v) is 3.94. The Morgan fingerprint density at radius 2 is 2.00 bits per heavy atom. The summed E-state index contributed by atoms with van der Waals surface area (Å²) in [6.07, 6.45) is 1.47. The van der Waals surface area contributed by atoms with Crippen molar-refractivity contribution in [3.63, 3.8) is 0 Å². The minimum Gasteiger partial charge on any atom is -0.481 e. The summed E-state index contributed by atoms with van der Waals surface area (Å²) in [5.74, 6) is -0.0780. The van der Waals surface area contributed by atoms with Crippen LogP contribution in [0.15, 0.2) is 0 Å². The lowest BCUT2D eigenvalue weighted by molar-refractivity contribution is -0.137. The van der Waals surface area contributed by atoms with Crippen molar-refractivity contribution < 1.29 is 18.3 Å². The summed E-state index contributed by atoms with van der Waals surface area (Å²) in [7, 11) is -2.73. The van der Waals surface area contributed by atoms with E-state index >= 15 is 0 Å². The number of hydrogen-bond donors (Lipinski definition) is 1. The molecule has 1 aliphatic heterocycles. The van der Waals surface area contributed by atoms with Crippen molar-refractivity contribution >= 4 is 15.8 Å². The number of hydrogen-bond acceptors (Lipinski definition) is 3. The van der Waals surface area contributed by atoms with Gasteiger partial charge in [-0.2, -0.15) is 0 Å². The molecule has 4 nitrogen and oxygen atoms in total. The van der Waals surface area contributed by atoms with Crippen LogP contribution in [0.5, 0.6) is 0 Å². The summed E-state index contributed by atoms with van der Waals surface area (Å²) >= 11 is 0. The van der Waals surface area contributed by atoms with E-state index in [2.05, 4.69) is 0 Å². The van der Waals surface area contributed by atoms with E-state index in [1.165, 1.54) is 0 Å². The minimum atomic E-state index is -2.73. The van der Waals surface area contributed by atoms with Gasteiger partial charge in [0.1, 0.15) is 0 Å². The van der Waals surface area contributed by atoms with E-state index in [0.29, 0.717) is 6.42 Å². The summed E-state index contributed by atoms with van der Waals surface area (Å²) in [6, 6.07) is 0. The molecule has 1 fully saturated rings. The number of rotatable bonds is 4. The fourth-order valence-corrected chi connectivity index (χ4v) is 3.05. The van der Waals surface area contributed by atoms with Crippen molar-refractivity contribution in [2.24, 2.45) is 5.92 Å². The average molecular weight is 192 g/mol. The number of sulfone groups is 1. The highest BCUT2D eigenvalue weighted by atomic mass is 32.2. The van der Waals surface area contributed by atoms with Crippen molar-refractivity contribution in [2.45, 2.75) is 19.3 Å². The first kappa shape index (κ1) is 9.51. The molecule has 1 aliphatic rings. The fraction of sp³-hybridized carbons (Fsp3) is 0.857. The van der Waals surface area contributed by atoms with E-state index in [-0.39, 0.29) is 23.8 Å². The molecule has 0 unspecified atom stereocenters. The fourth-order valence-electron chi connectivity index (χ4n) is 1.38. The second-order valence-electron chi connectivity index (χ2n) is 3.23. The Hall–Kier alpha value is -0.580. The zero-order valence-corrected chi connectivity index (χ0v) is 7.51. The summed E-state index contributed by atoms with van der Waals surface area (Å²) in [5, 5.41) is 8.30. The molecule has 0 aliphatic carbocycles. The molecule has 70 valence electrons. The van der Waals surface area contributed by atoms with Gasteiger partial charge in [0.05, 0.1) is 11.5 Å². The molecule has 0 atom stereocenters. The molecule has 0 amide bonds. The molecule has 1 rings (SSSR count). The molecule has 0 aromatic rings. The molecule has 0 bridgehead atoms. The Labute approximate surface area is 71.5 Å². The maximum Gasteiger partial charge on any atom is 0.303 e. The predicted octanol–water partition coefficient (Wildman–Crippen LogP) is 0.286. The second-order valence-corrected chi connectivity index (χ2v) is 5.38. The van der Waals surface area contributed by atoms with Gasteiger partial charge in [-0.05, 0) is 18.8 Å². The van der Waals surface area contributed by atoms with Crippen molar-refractivity contribution in [3.8, 4) is 0 Å². The van der Waals surface area contributed by atoms with Gasteiger partial charge in [0.2, 0.25) is 0 Å². The summed E-state index contributed by atoms with van der Waals surface area (Å²) in [4.78, 5) is 10.1. The molecule has 12 heavy (non-hydrogen) atoms. The van der Waals surface area contributed by atoms with E-state index in [1.54, 1.807) is 0 Å². The molecular weight excluding hydrogens is 180 g/mol. The molecule has 0 saturated carbocycles. The number of aliphatic carboxylic acids is 1. The minimum absolute atomic E-state index is 0.149. The molecule has 1 saturated heterocycles. The monoisotopic (exact) mass is 192 g/mol. The third-order valence-electron chi connectivity index (χ3n) is 1.98. The first-order valence-corrected chi connectivity index (χ1v) is 5.74. The van der Waals surface area contributed by atoms with Gasteiger partial charge in [-0.15, -0.1) is 0 Å². The van der Waals surface area contributed by atoms with Crippen molar-refractivity contribution in [3.05, 3.63) is 0 Å². The topological polar surface area (TPSA) is 71.4 Å². The van der Waals surface area contributed by atoms with Crippen LogP contribution in [0.1, 0.15) is 19.3 Å². The van der Waals surface area contributed by atoms with Gasteiger partial charge in [-0.1, -0.05) is 0 Å². The van der Waals surface area contributed by atoms with Crippen LogP contribution in [0.25, 0.3) is 0 Å². The highest BCUT2D eigenvalue weighted by Gasteiger charge is 2.32. The zero-order chi connectivity index (χ0) is 9.19. The Morgan fingerprint density at radius 3 is 2.42 bits per heavy atom. The predicted molar refractivity (Wildman–Crippen MR) is 43.6 cm³/mol. The first-order chi connectivity index (χ1) is 5.49. The smallest absolute Gasteiger partial charge is 0.303 e. The molecule has 0 aromatic carbocycles. The lowest BCUT2D eigenvalue weighted by atomic mass is 10.1. The van der Waals surface area contributed by atoms with E-state index < -0.39 is 15.8 Å². The van der Waals surface area contributed by atoms with Crippen LogP contribution in [0.3, 0.4) is 0 Å². The van der Waals surface area contributed by atoms with Crippen LogP contribution < -0.4 is 0 Å². The van der Waals surface area contributed by atoms with Gasteiger partial charge in [0.15, 0.2) is 9.84 Å². The quantitative estimate of drug-likeness (QED) is 0.694. The van der Waals surface area contributed by atoms with Crippen molar-refractivity contribution in [1.82, 2.24) is 0 Å². The van der Waals surface area contributed by atoms with Crippen LogP contribution in [0, 0.1) is 5.92 Å². The molecule has 0 radical (unpaired) electrons. The van der Waals surface area contributed by atoms with Crippen LogP contribution in [0.4, 0.5) is 0 Å². The van der Waals surface area contributed by atoms with Gasteiger partial charge < -0.3 is 5.11 Å². The standard InChI is InChI=1S/C7H12O4S/c8-7(9)3-1-2-6-4-12(10,11)5-6/h6H,1-5H2,(H,8,9). The van der Waals surface area contributed by atoms with Gasteiger partial charge in [0.25, 0.3) is 0 Å². The largest absolute Gasteiger partial charge is 0.481 e. The highest BCUT2D eigenvalue weighted by Crippen LogP contribution is 2.23.